The van der Waals surface area contributed by atoms with Crippen molar-refractivity contribution in [1.29, 1.82) is 0 Å². The molecule has 0 radical (unpaired) electrons. The van der Waals surface area contributed by atoms with Crippen molar-refractivity contribution in [2.24, 2.45) is 11.7 Å². The molecule has 0 saturated carbocycles. The maximum Gasteiger partial charge on any atom is 0.126 e. The van der Waals surface area contributed by atoms with Crippen LogP contribution in [-0.4, -0.2) is 24.5 Å². The van der Waals surface area contributed by atoms with Crippen LogP contribution in [-0.2, 0) is 0 Å². The number of hydrogen-bond acceptors (Lipinski definition) is 2. The molecule has 1 aliphatic rings. The summed E-state index contributed by atoms with van der Waals surface area (Å²) in [6.07, 6.45) is 2.71. The average Bonchev–Trinajstić information content (AvgIpc) is 2.75. The topological polar surface area (TPSA) is 29.3 Å². The van der Waals surface area contributed by atoms with E-state index in [4.69, 9.17) is 28.9 Å². The van der Waals surface area contributed by atoms with Crippen molar-refractivity contribution in [1.82, 2.24) is 4.90 Å². The molecule has 2 nitrogen and oxygen atoms in total. The van der Waals surface area contributed by atoms with Crippen LogP contribution in [0.5, 0.6) is 0 Å². The average molecular weight is 489 g/mol. The molecule has 0 bridgehead atoms. The maximum atomic E-state index is 14.0. The summed E-state index contributed by atoms with van der Waals surface area (Å²) in [5.41, 5.74) is 8.73. The van der Waals surface area contributed by atoms with Crippen molar-refractivity contribution < 1.29 is 8.78 Å². The van der Waals surface area contributed by atoms with E-state index in [0.29, 0.717) is 22.5 Å². The summed E-state index contributed by atoms with van der Waals surface area (Å²) in [5.74, 6) is -0.643. The zero-order valence-corrected chi connectivity index (χ0v) is 19.9. The van der Waals surface area contributed by atoms with E-state index in [0.717, 1.165) is 55.1 Å². The standard InChI is InChI=1S/C27H28Cl2F2N2/c28-22-8-4-18(5-9-22)27(19-6-10-23(29)11-7-19)33-16-21(17-33)26(3-1-2-12-32)20-13-24(30)15-25(31)14-20/h4-11,13-15,21,26-27H,1-3,12,16-17,32H2. The number of hydrogen-bond donors (Lipinski definition) is 1. The van der Waals surface area contributed by atoms with E-state index < -0.39 is 11.6 Å². The molecular weight excluding hydrogens is 461 g/mol. The van der Waals surface area contributed by atoms with E-state index in [1.165, 1.54) is 12.1 Å². The highest BCUT2D eigenvalue weighted by atomic mass is 35.5. The van der Waals surface area contributed by atoms with E-state index >= 15 is 0 Å². The maximum absolute atomic E-state index is 14.0. The summed E-state index contributed by atoms with van der Waals surface area (Å²) >= 11 is 12.3. The van der Waals surface area contributed by atoms with Crippen LogP contribution >= 0.6 is 23.2 Å². The largest absolute Gasteiger partial charge is 0.330 e. The van der Waals surface area contributed by atoms with E-state index in [1.54, 1.807) is 0 Å². The minimum atomic E-state index is -0.523. The molecule has 4 rings (SSSR count). The highest BCUT2D eigenvalue weighted by Crippen LogP contribution is 2.42. The number of halogens is 4. The molecule has 1 saturated heterocycles. The van der Waals surface area contributed by atoms with Gasteiger partial charge in [0.05, 0.1) is 6.04 Å². The van der Waals surface area contributed by atoms with E-state index in [2.05, 4.69) is 29.2 Å². The normalized spacial score (nSPS) is 15.6. The van der Waals surface area contributed by atoms with Crippen LogP contribution in [0.4, 0.5) is 8.78 Å². The van der Waals surface area contributed by atoms with Gasteiger partial charge >= 0.3 is 0 Å². The lowest BCUT2D eigenvalue weighted by molar-refractivity contribution is 0.0489. The van der Waals surface area contributed by atoms with Crippen LogP contribution < -0.4 is 5.73 Å². The Morgan fingerprint density at radius 2 is 1.30 bits per heavy atom. The minimum Gasteiger partial charge on any atom is -0.330 e. The van der Waals surface area contributed by atoms with Crippen LogP contribution in [0.1, 0.15) is 47.9 Å². The van der Waals surface area contributed by atoms with Gasteiger partial charge in [0.1, 0.15) is 11.6 Å². The molecule has 0 aliphatic carbocycles. The minimum absolute atomic E-state index is 0.0599. The third-order valence-electron chi connectivity index (χ3n) is 6.53. The van der Waals surface area contributed by atoms with Gasteiger partial charge in [0.25, 0.3) is 0 Å². The third-order valence-corrected chi connectivity index (χ3v) is 7.03. The van der Waals surface area contributed by atoms with Crippen LogP contribution in [0.2, 0.25) is 10.0 Å². The van der Waals surface area contributed by atoms with Gasteiger partial charge in [0.15, 0.2) is 0 Å². The van der Waals surface area contributed by atoms with Crippen LogP contribution in [0.25, 0.3) is 0 Å². The molecule has 3 aromatic carbocycles. The Balaban J connectivity index is 1.57. The van der Waals surface area contributed by atoms with Crippen molar-refractivity contribution >= 4 is 23.2 Å². The number of rotatable bonds is 9. The molecule has 1 heterocycles. The summed E-state index contributed by atoms with van der Waals surface area (Å²) in [6, 6.07) is 19.8. The first-order valence-electron chi connectivity index (χ1n) is 11.4. The molecular formula is C27H28Cl2F2N2. The molecule has 2 N–H and O–H groups in total. The molecule has 33 heavy (non-hydrogen) atoms. The molecule has 6 heteroatoms. The van der Waals surface area contributed by atoms with Gasteiger partial charge in [-0.15, -0.1) is 0 Å². The Labute approximate surface area is 204 Å². The Bertz CT molecular complexity index is 985. The summed E-state index contributed by atoms with van der Waals surface area (Å²) in [6.45, 7) is 2.29. The first-order chi connectivity index (χ1) is 15.9. The Kier molecular flexibility index (Phi) is 8.02. The number of unbranched alkanes of at least 4 members (excludes halogenated alkanes) is 1. The Morgan fingerprint density at radius 3 is 1.79 bits per heavy atom. The lowest BCUT2D eigenvalue weighted by atomic mass is 9.76. The molecule has 3 aromatic rings. The van der Waals surface area contributed by atoms with Crippen LogP contribution in [0.3, 0.4) is 0 Å². The number of benzene rings is 3. The third kappa shape index (κ3) is 5.93. The molecule has 1 atom stereocenters. The summed E-state index contributed by atoms with van der Waals surface area (Å²) in [5, 5.41) is 1.39. The fraction of sp³-hybridized carbons (Fsp3) is 0.333. The van der Waals surface area contributed by atoms with Crippen molar-refractivity contribution in [3.8, 4) is 0 Å². The van der Waals surface area contributed by atoms with Gasteiger partial charge in [0.2, 0.25) is 0 Å². The van der Waals surface area contributed by atoms with Gasteiger partial charge in [-0.2, -0.15) is 0 Å². The van der Waals surface area contributed by atoms with Gasteiger partial charge < -0.3 is 5.73 Å². The summed E-state index contributed by atoms with van der Waals surface area (Å²) in [4.78, 5) is 2.41. The van der Waals surface area contributed by atoms with Crippen molar-refractivity contribution in [2.75, 3.05) is 19.6 Å². The predicted molar refractivity (Wildman–Crippen MR) is 132 cm³/mol. The second-order valence-electron chi connectivity index (χ2n) is 8.81. The molecule has 0 aromatic heterocycles. The number of nitrogens with zero attached hydrogens (tertiary/aromatic N) is 1. The quantitative estimate of drug-likeness (QED) is 0.322. The van der Waals surface area contributed by atoms with Gasteiger partial charge in [-0.05, 0) is 84.3 Å². The van der Waals surface area contributed by atoms with Crippen LogP contribution in [0.15, 0.2) is 66.7 Å². The fourth-order valence-corrected chi connectivity index (χ4v) is 5.14. The van der Waals surface area contributed by atoms with E-state index in [-0.39, 0.29) is 12.0 Å². The molecule has 1 aliphatic heterocycles. The summed E-state index contributed by atoms with van der Waals surface area (Å²) < 4.78 is 28.0. The Hall–Kier alpha value is -1.98. The van der Waals surface area contributed by atoms with Gasteiger partial charge in [-0.3, -0.25) is 4.90 Å². The van der Waals surface area contributed by atoms with Crippen molar-refractivity contribution in [2.45, 2.75) is 31.2 Å². The lowest BCUT2D eigenvalue weighted by Crippen LogP contribution is -2.51. The van der Waals surface area contributed by atoms with Crippen molar-refractivity contribution in [3.05, 3.63) is 105 Å². The number of likely N-dealkylation sites (tertiary alicyclic amines) is 1. The Morgan fingerprint density at radius 1 is 0.788 bits per heavy atom. The molecule has 174 valence electrons. The first kappa shape index (κ1) is 24.2. The number of nitrogens with two attached hydrogens (primary N) is 1. The zero-order chi connectivity index (χ0) is 23.4. The highest BCUT2D eigenvalue weighted by molar-refractivity contribution is 6.30. The molecule has 0 spiro atoms. The smallest absolute Gasteiger partial charge is 0.126 e. The van der Waals surface area contributed by atoms with Gasteiger partial charge in [-0.1, -0.05) is 53.9 Å². The lowest BCUT2D eigenvalue weighted by Gasteiger charge is -2.48. The second kappa shape index (κ2) is 11.0. The molecule has 1 unspecified atom stereocenters. The predicted octanol–water partition coefficient (Wildman–Crippen LogP) is 7.21. The van der Waals surface area contributed by atoms with Gasteiger partial charge in [-0.25, -0.2) is 8.78 Å². The highest BCUT2D eigenvalue weighted by Gasteiger charge is 2.38. The van der Waals surface area contributed by atoms with Crippen LogP contribution in [0, 0.1) is 17.6 Å². The van der Waals surface area contributed by atoms with E-state index in [1.807, 2.05) is 24.3 Å². The first-order valence-corrected chi connectivity index (χ1v) is 12.1. The fourth-order valence-electron chi connectivity index (χ4n) is 4.89. The molecule has 0 amide bonds. The summed E-state index contributed by atoms with van der Waals surface area (Å²) in [7, 11) is 0. The second-order valence-corrected chi connectivity index (χ2v) is 9.69. The van der Waals surface area contributed by atoms with Gasteiger partial charge in [0, 0.05) is 29.2 Å². The molecule has 1 fully saturated rings. The zero-order valence-electron chi connectivity index (χ0n) is 18.4. The van der Waals surface area contributed by atoms with Crippen molar-refractivity contribution in [3.63, 3.8) is 0 Å². The van der Waals surface area contributed by atoms with E-state index in [9.17, 15) is 8.78 Å². The SMILES string of the molecule is NCCCCC(c1cc(F)cc(F)c1)C1CN(C(c2ccc(Cl)cc2)c2ccc(Cl)cc2)C1. The monoisotopic (exact) mass is 488 g/mol.